The zero-order valence-electron chi connectivity index (χ0n) is 34.8. The summed E-state index contributed by atoms with van der Waals surface area (Å²) in [6, 6.07) is 19.2. The molecule has 3 aromatic heterocycles. The molecule has 0 spiro atoms. The number of carbonyl (C=O) groups excluding carboxylic acids is 2. The smallest absolute Gasteiger partial charge is 0.287 e. The highest BCUT2D eigenvalue weighted by molar-refractivity contribution is 7.15. The van der Waals surface area contributed by atoms with Gasteiger partial charge >= 0.3 is 0 Å². The number of fused-ring (bicyclic) bond motifs is 3. The molecule has 320 valence electrons. The normalized spacial score (nSPS) is 17.4. The number of hydrogen-bond acceptors (Lipinski definition) is 12. The quantitative estimate of drug-likeness (QED) is 0.148. The van der Waals surface area contributed by atoms with Crippen LogP contribution in [-0.2, 0) is 11.3 Å². The van der Waals surface area contributed by atoms with E-state index >= 15 is 0 Å². The molecular formula is C45H48ClN11O4S. The Labute approximate surface area is 368 Å². The van der Waals surface area contributed by atoms with Gasteiger partial charge in [-0.15, -0.1) is 31.7 Å². The van der Waals surface area contributed by atoms with Gasteiger partial charge in [0.25, 0.3) is 5.91 Å². The van der Waals surface area contributed by atoms with Crippen LogP contribution in [0.25, 0.3) is 22.1 Å². The van der Waals surface area contributed by atoms with E-state index in [0.717, 1.165) is 104 Å². The van der Waals surface area contributed by atoms with Crippen molar-refractivity contribution in [2.24, 2.45) is 16.6 Å². The van der Waals surface area contributed by atoms with Gasteiger partial charge in [0.2, 0.25) is 11.7 Å². The largest absolute Gasteiger partial charge is 0.508 e. The number of rotatable bonds is 10. The zero-order chi connectivity index (χ0) is 43.2. The molecule has 2 saturated heterocycles. The number of thiophene rings is 1. The van der Waals surface area contributed by atoms with Crippen LogP contribution in [0.15, 0.2) is 71.7 Å². The Morgan fingerprint density at radius 3 is 2.24 bits per heavy atom. The maximum Gasteiger partial charge on any atom is 0.287 e. The number of aryl methyl sites for hydroxylation is 2. The molecule has 17 heteroatoms. The summed E-state index contributed by atoms with van der Waals surface area (Å²) in [5, 5.41) is 39.1. The molecule has 3 aromatic carbocycles. The SMILES string of the molecule is Cc1sc2c(c1C)C(c1ccc(Cl)cc1)=N[C@@H](CC(=O)N1CCC(CN3CCN(Cc4ccc(-n5c(C(N)=O)nnc5-c5ccc(O)cc5O)cc4)CC3)CC1)c1nnc(C)n1-2. The molecule has 0 radical (unpaired) electrons. The number of halogens is 1. The highest BCUT2D eigenvalue weighted by atomic mass is 35.5. The van der Waals surface area contributed by atoms with Gasteiger partial charge in [-0.2, -0.15) is 0 Å². The van der Waals surface area contributed by atoms with Crippen LogP contribution in [0.2, 0.25) is 5.02 Å². The number of amides is 2. The van der Waals surface area contributed by atoms with Gasteiger partial charge < -0.3 is 25.7 Å². The van der Waals surface area contributed by atoms with Gasteiger partial charge in [0, 0.05) is 85.1 Å². The first kappa shape index (κ1) is 41.4. The van der Waals surface area contributed by atoms with Crippen molar-refractivity contribution in [3.05, 3.63) is 116 Å². The number of aliphatic imine (C=N–C) groups is 1. The number of carbonyl (C=O) groups is 2. The first-order chi connectivity index (χ1) is 29.9. The van der Waals surface area contributed by atoms with Crippen LogP contribution >= 0.6 is 22.9 Å². The number of nitrogens with two attached hydrogens (primary N) is 1. The highest BCUT2D eigenvalue weighted by Gasteiger charge is 2.34. The number of phenolic OH excluding ortho intramolecular Hbond substituents is 2. The second-order valence-electron chi connectivity index (χ2n) is 16.4. The summed E-state index contributed by atoms with van der Waals surface area (Å²) in [6.07, 6.45) is 2.15. The molecule has 15 nitrogen and oxygen atoms in total. The van der Waals surface area contributed by atoms with Crippen LogP contribution in [-0.4, -0.2) is 118 Å². The summed E-state index contributed by atoms with van der Waals surface area (Å²) in [5.41, 5.74) is 11.7. The first-order valence-corrected chi connectivity index (χ1v) is 22.1. The lowest BCUT2D eigenvalue weighted by Gasteiger charge is -2.39. The molecule has 9 rings (SSSR count). The predicted octanol–water partition coefficient (Wildman–Crippen LogP) is 6.00. The third-order valence-electron chi connectivity index (χ3n) is 12.4. The average Bonchev–Trinajstić information content (AvgIpc) is 3.93. The summed E-state index contributed by atoms with van der Waals surface area (Å²) in [5.74, 6) is 1.21. The fourth-order valence-electron chi connectivity index (χ4n) is 8.87. The number of hydrogen-bond donors (Lipinski definition) is 3. The van der Waals surface area contributed by atoms with E-state index in [1.807, 2.05) is 60.4 Å². The summed E-state index contributed by atoms with van der Waals surface area (Å²) < 4.78 is 3.61. The van der Waals surface area contributed by atoms with Crippen LogP contribution in [0.5, 0.6) is 11.5 Å². The van der Waals surface area contributed by atoms with Crippen molar-refractivity contribution in [2.75, 3.05) is 45.8 Å². The zero-order valence-corrected chi connectivity index (χ0v) is 36.4. The predicted molar refractivity (Wildman–Crippen MR) is 238 cm³/mol. The topological polar surface area (TPSA) is 184 Å². The van der Waals surface area contributed by atoms with E-state index in [4.69, 9.17) is 22.3 Å². The molecule has 3 aliphatic rings. The summed E-state index contributed by atoms with van der Waals surface area (Å²) in [6.45, 7) is 13.3. The Balaban J connectivity index is 0.794. The van der Waals surface area contributed by atoms with Crippen LogP contribution in [0.1, 0.15) is 74.7 Å². The minimum atomic E-state index is -0.752. The van der Waals surface area contributed by atoms with Crippen LogP contribution in [0.4, 0.5) is 0 Å². The average molecular weight is 874 g/mol. The van der Waals surface area contributed by atoms with Crippen molar-refractivity contribution >= 4 is 40.5 Å². The molecule has 0 bridgehead atoms. The number of aromatic nitrogens is 6. The summed E-state index contributed by atoms with van der Waals surface area (Å²) >= 11 is 7.99. The van der Waals surface area contributed by atoms with E-state index in [0.29, 0.717) is 28.0 Å². The van der Waals surface area contributed by atoms with Crippen molar-refractivity contribution in [1.29, 1.82) is 0 Å². The van der Waals surface area contributed by atoms with E-state index in [1.165, 1.54) is 27.6 Å². The molecule has 4 N–H and O–H groups in total. The van der Waals surface area contributed by atoms with Gasteiger partial charge in [0.05, 0.1) is 17.7 Å². The maximum atomic E-state index is 14.0. The minimum absolute atomic E-state index is 0.0633. The standard InChI is InChI=1S/C45H48ClN11O4S/c1-26-27(2)62-45-39(26)40(31-6-8-32(46)9-7-31)48-36(43-51-49-28(3)56(43)45)23-38(60)55-16-14-30(15-17-55)25-54-20-18-53(19-21-54)24-29-4-10-33(11-5-29)57-42(50-52-44(57)41(47)61)35-13-12-34(58)22-37(35)59/h4-13,22,30,36,58-59H,14-21,23-25H2,1-3H3,(H2,47,61)/t36-/m0/s1. The summed E-state index contributed by atoms with van der Waals surface area (Å²) in [7, 11) is 0. The van der Waals surface area contributed by atoms with E-state index in [1.54, 1.807) is 11.3 Å². The van der Waals surface area contributed by atoms with Crippen molar-refractivity contribution < 1.29 is 19.8 Å². The molecule has 6 heterocycles. The number of primary amides is 1. The van der Waals surface area contributed by atoms with Gasteiger partial charge in [-0.25, -0.2) is 0 Å². The number of piperidine rings is 1. The van der Waals surface area contributed by atoms with Gasteiger partial charge in [-0.1, -0.05) is 35.9 Å². The summed E-state index contributed by atoms with van der Waals surface area (Å²) in [4.78, 5) is 39.8. The van der Waals surface area contributed by atoms with E-state index in [2.05, 4.69) is 48.6 Å². The molecule has 1 atom stereocenters. The Morgan fingerprint density at radius 2 is 1.55 bits per heavy atom. The van der Waals surface area contributed by atoms with Crippen molar-refractivity contribution in [3.63, 3.8) is 0 Å². The van der Waals surface area contributed by atoms with E-state index < -0.39 is 11.9 Å². The third-order valence-corrected chi connectivity index (χ3v) is 13.8. The molecule has 6 aromatic rings. The van der Waals surface area contributed by atoms with E-state index in [9.17, 15) is 19.8 Å². The third kappa shape index (κ3) is 8.10. The minimum Gasteiger partial charge on any atom is -0.508 e. The molecule has 0 saturated carbocycles. The van der Waals surface area contributed by atoms with Gasteiger partial charge in [0.1, 0.15) is 28.4 Å². The Kier molecular flexibility index (Phi) is 11.4. The van der Waals surface area contributed by atoms with Crippen LogP contribution in [0, 0.1) is 26.7 Å². The lowest BCUT2D eigenvalue weighted by Crippen LogP contribution is -2.48. The van der Waals surface area contributed by atoms with Crippen molar-refractivity contribution in [3.8, 4) is 33.6 Å². The molecule has 0 aliphatic carbocycles. The van der Waals surface area contributed by atoms with Crippen molar-refractivity contribution in [2.45, 2.75) is 52.6 Å². The molecule has 0 unspecified atom stereocenters. The Morgan fingerprint density at radius 1 is 0.839 bits per heavy atom. The number of benzene rings is 3. The maximum absolute atomic E-state index is 14.0. The lowest BCUT2D eigenvalue weighted by molar-refractivity contribution is -0.133. The molecule has 3 aliphatic heterocycles. The van der Waals surface area contributed by atoms with Gasteiger partial charge in [-0.3, -0.25) is 28.6 Å². The fraction of sp³-hybridized carbons (Fsp3) is 0.356. The molecule has 2 fully saturated rings. The number of piperazine rings is 1. The molecule has 2 amide bonds. The lowest BCUT2D eigenvalue weighted by atomic mass is 9.95. The fourth-order valence-corrected chi connectivity index (χ4v) is 10.2. The van der Waals surface area contributed by atoms with Gasteiger partial charge in [-0.05, 0) is 87.1 Å². The number of likely N-dealkylation sites (tertiary alicyclic amines) is 1. The Bertz CT molecular complexity index is 2670. The molecule has 62 heavy (non-hydrogen) atoms. The Hall–Kier alpha value is -5.94. The van der Waals surface area contributed by atoms with Crippen LogP contribution < -0.4 is 5.73 Å². The monoisotopic (exact) mass is 873 g/mol. The highest BCUT2D eigenvalue weighted by Crippen LogP contribution is 2.40. The second kappa shape index (κ2) is 17.1. The van der Waals surface area contributed by atoms with E-state index in [-0.39, 0.29) is 35.5 Å². The number of aromatic hydroxyl groups is 2. The number of phenols is 2. The van der Waals surface area contributed by atoms with Crippen LogP contribution in [0.3, 0.4) is 0 Å². The first-order valence-electron chi connectivity index (χ1n) is 20.9. The van der Waals surface area contributed by atoms with Gasteiger partial charge in [0.15, 0.2) is 11.6 Å². The molecular weight excluding hydrogens is 826 g/mol. The second-order valence-corrected chi connectivity index (χ2v) is 18.1. The number of nitrogens with zero attached hydrogens (tertiary/aromatic N) is 10. The van der Waals surface area contributed by atoms with Crippen molar-refractivity contribution in [1.82, 2.24) is 44.2 Å².